The Morgan fingerprint density at radius 1 is 1.12 bits per heavy atom. The van der Waals surface area contributed by atoms with Gasteiger partial charge in [0.25, 0.3) is 0 Å². The number of tetrazole rings is 1. The van der Waals surface area contributed by atoms with Gasteiger partial charge < -0.3 is 9.84 Å². The molecule has 130 valence electrons. The fourth-order valence-electron chi connectivity index (χ4n) is 2.29. The molecule has 2 aromatic carbocycles. The Balaban J connectivity index is 1.54. The van der Waals surface area contributed by atoms with Crippen LogP contribution in [-0.2, 0) is 13.0 Å². The van der Waals surface area contributed by atoms with Crippen molar-refractivity contribution in [2.75, 3.05) is 6.61 Å². The molecule has 25 heavy (non-hydrogen) atoms. The van der Waals surface area contributed by atoms with E-state index in [9.17, 15) is 5.11 Å². The first kappa shape index (κ1) is 17.6. The molecule has 1 unspecified atom stereocenters. The highest BCUT2D eigenvalue weighted by atomic mass is 79.9. The number of aliphatic hydroxyl groups is 1. The Hall–Kier alpha value is -2.25. The molecule has 0 saturated heterocycles. The van der Waals surface area contributed by atoms with Crippen molar-refractivity contribution < 1.29 is 9.84 Å². The summed E-state index contributed by atoms with van der Waals surface area (Å²) in [5.41, 5.74) is 2.12. The zero-order valence-corrected chi connectivity index (χ0v) is 15.4. The molecule has 3 rings (SSSR count). The SMILES string of the molecule is CCc1ccc(OCC(O)Cn2nnc(-c3ccc(Br)cc3)n2)cc1. The van der Waals surface area contributed by atoms with Crippen molar-refractivity contribution in [3.8, 4) is 17.1 Å². The molecular formula is C18H19BrN4O2. The monoisotopic (exact) mass is 402 g/mol. The van der Waals surface area contributed by atoms with Crippen molar-refractivity contribution in [2.45, 2.75) is 26.0 Å². The molecule has 0 aliphatic rings. The van der Waals surface area contributed by atoms with Crippen molar-refractivity contribution in [1.29, 1.82) is 0 Å². The molecule has 3 aromatic rings. The van der Waals surface area contributed by atoms with Crippen LogP contribution < -0.4 is 4.74 Å². The average Bonchev–Trinajstić information content (AvgIpc) is 3.09. The molecule has 0 aliphatic carbocycles. The second-order valence-electron chi connectivity index (χ2n) is 5.64. The van der Waals surface area contributed by atoms with Gasteiger partial charge >= 0.3 is 0 Å². The van der Waals surface area contributed by atoms with Gasteiger partial charge in [0.2, 0.25) is 5.82 Å². The van der Waals surface area contributed by atoms with Crippen LogP contribution >= 0.6 is 15.9 Å². The van der Waals surface area contributed by atoms with E-state index in [1.807, 2.05) is 48.5 Å². The van der Waals surface area contributed by atoms with Crippen LogP contribution in [0.3, 0.4) is 0 Å². The first-order chi connectivity index (χ1) is 12.1. The van der Waals surface area contributed by atoms with Crippen LogP contribution in [0.2, 0.25) is 0 Å². The van der Waals surface area contributed by atoms with Gasteiger partial charge in [-0.1, -0.05) is 35.0 Å². The summed E-state index contributed by atoms with van der Waals surface area (Å²) in [7, 11) is 0. The van der Waals surface area contributed by atoms with Crippen molar-refractivity contribution in [3.05, 3.63) is 58.6 Å². The largest absolute Gasteiger partial charge is 0.491 e. The molecule has 0 fully saturated rings. The Labute approximate surface area is 154 Å². The van der Waals surface area contributed by atoms with Crippen molar-refractivity contribution >= 4 is 15.9 Å². The van der Waals surface area contributed by atoms with Crippen LogP contribution in [0.5, 0.6) is 5.75 Å². The molecule has 1 aromatic heterocycles. The van der Waals surface area contributed by atoms with Crippen LogP contribution in [0, 0.1) is 0 Å². The van der Waals surface area contributed by atoms with E-state index in [-0.39, 0.29) is 13.2 Å². The van der Waals surface area contributed by atoms with E-state index < -0.39 is 6.10 Å². The second kappa shape index (κ2) is 8.22. The lowest BCUT2D eigenvalue weighted by Crippen LogP contribution is -2.25. The van der Waals surface area contributed by atoms with Gasteiger partial charge in [0.05, 0.1) is 6.54 Å². The van der Waals surface area contributed by atoms with E-state index >= 15 is 0 Å². The summed E-state index contributed by atoms with van der Waals surface area (Å²) in [5, 5.41) is 22.4. The molecule has 1 atom stereocenters. The lowest BCUT2D eigenvalue weighted by molar-refractivity contribution is 0.0850. The predicted molar refractivity (Wildman–Crippen MR) is 98.3 cm³/mol. The van der Waals surface area contributed by atoms with Crippen LogP contribution in [0.15, 0.2) is 53.0 Å². The molecule has 6 nitrogen and oxygen atoms in total. The summed E-state index contributed by atoms with van der Waals surface area (Å²) in [4.78, 5) is 1.38. The molecule has 0 spiro atoms. The molecule has 0 amide bonds. The lowest BCUT2D eigenvalue weighted by Gasteiger charge is -2.11. The zero-order valence-electron chi connectivity index (χ0n) is 13.8. The highest BCUT2D eigenvalue weighted by Gasteiger charge is 2.11. The Bertz CT molecular complexity index is 803. The van der Waals surface area contributed by atoms with E-state index in [0.29, 0.717) is 5.82 Å². The first-order valence-corrected chi connectivity index (χ1v) is 8.87. The van der Waals surface area contributed by atoms with Crippen molar-refractivity contribution in [3.63, 3.8) is 0 Å². The van der Waals surface area contributed by atoms with Crippen LogP contribution in [0.4, 0.5) is 0 Å². The third-order valence-corrected chi connectivity index (χ3v) is 4.23. The number of aryl methyl sites for hydroxylation is 1. The maximum Gasteiger partial charge on any atom is 0.204 e. The smallest absolute Gasteiger partial charge is 0.204 e. The lowest BCUT2D eigenvalue weighted by atomic mass is 10.2. The van der Waals surface area contributed by atoms with Gasteiger partial charge in [-0.15, -0.1) is 10.2 Å². The third kappa shape index (κ3) is 4.87. The van der Waals surface area contributed by atoms with Crippen molar-refractivity contribution in [1.82, 2.24) is 20.2 Å². The fourth-order valence-corrected chi connectivity index (χ4v) is 2.55. The molecule has 0 bridgehead atoms. The first-order valence-electron chi connectivity index (χ1n) is 8.07. The van der Waals surface area contributed by atoms with E-state index in [1.165, 1.54) is 10.4 Å². The van der Waals surface area contributed by atoms with Crippen LogP contribution in [-0.4, -0.2) is 38.0 Å². The van der Waals surface area contributed by atoms with Gasteiger partial charge in [0.15, 0.2) is 0 Å². The minimum absolute atomic E-state index is 0.167. The number of ether oxygens (including phenoxy) is 1. The fraction of sp³-hybridized carbons (Fsp3) is 0.278. The van der Waals surface area contributed by atoms with Gasteiger partial charge in [-0.2, -0.15) is 4.80 Å². The average molecular weight is 403 g/mol. The van der Waals surface area contributed by atoms with E-state index in [2.05, 4.69) is 38.3 Å². The number of rotatable bonds is 7. The number of hydrogen-bond acceptors (Lipinski definition) is 5. The topological polar surface area (TPSA) is 73.1 Å². The third-order valence-electron chi connectivity index (χ3n) is 3.70. The minimum Gasteiger partial charge on any atom is -0.491 e. The number of aromatic nitrogens is 4. The zero-order chi connectivity index (χ0) is 17.6. The van der Waals surface area contributed by atoms with Gasteiger partial charge in [0.1, 0.15) is 18.5 Å². The molecule has 1 N–H and O–H groups in total. The molecule has 0 aliphatic heterocycles. The standard InChI is InChI=1S/C18H19BrN4O2/c1-2-13-3-9-17(10-4-13)25-12-16(24)11-23-21-18(20-22-23)14-5-7-15(19)8-6-14/h3-10,16,24H,2,11-12H2,1H3. The van der Waals surface area contributed by atoms with Gasteiger partial charge in [-0.3, -0.25) is 0 Å². The molecule has 0 radical (unpaired) electrons. The second-order valence-corrected chi connectivity index (χ2v) is 6.55. The molecule has 1 heterocycles. The molecule has 0 saturated carbocycles. The van der Waals surface area contributed by atoms with E-state index in [1.54, 1.807) is 0 Å². The van der Waals surface area contributed by atoms with Gasteiger partial charge in [-0.25, -0.2) is 0 Å². The van der Waals surface area contributed by atoms with Crippen LogP contribution in [0.25, 0.3) is 11.4 Å². The van der Waals surface area contributed by atoms with Crippen molar-refractivity contribution in [2.24, 2.45) is 0 Å². The number of nitrogens with zero attached hydrogens (tertiary/aromatic N) is 4. The number of benzene rings is 2. The maximum atomic E-state index is 10.1. The summed E-state index contributed by atoms with van der Waals surface area (Å²) in [5.74, 6) is 1.26. The van der Waals surface area contributed by atoms with E-state index in [4.69, 9.17) is 4.74 Å². The predicted octanol–water partition coefficient (Wildman–Crippen LogP) is 3.10. The normalized spacial score (nSPS) is 12.1. The van der Waals surface area contributed by atoms with E-state index in [0.717, 1.165) is 22.2 Å². The number of aliphatic hydroxyl groups excluding tert-OH is 1. The Morgan fingerprint density at radius 3 is 2.52 bits per heavy atom. The summed E-state index contributed by atoms with van der Waals surface area (Å²) in [6.07, 6.45) is 0.263. The number of hydrogen-bond donors (Lipinski definition) is 1. The summed E-state index contributed by atoms with van der Waals surface area (Å²) in [6.45, 7) is 2.49. The highest BCUT2D eigenvalue weighted by molar-refractivity contribution is 9.10. The Kier molecular flexibility index (Phi) is 5.78. The molecule has 7 heteroatoms. The quantitative estimate of drug-likeness (QED) is 0.657. The molecular weight excluding hydrogens is 384 g/mol. The maximum absolute atomic E-state index is 10.1. The van der Waals surface area contributed by atoms with Crippen LogP contribution in [0.1, 0.15) is 12.5 Å². The highest BCUT2D eigenvalue weighted by Crippen LogP contribution is 2.17. The summed E-state index contributed by atoms with van der Waals surface area (Å²) < 4.78 is 6.59. The summed E-state index contributed by atoms with van der Waals surface area (Å²) in [6, 6.07) is 15.5. The Morgan fingerprint density at radius 2 is 1.84 bits per heavy atom. The minimum atomic E-state index is -0.724. The summed E-state index contributed by atoms with van der Waals surface area (Å²) >= 11 is 3.39. The van der Waals surface area contributed by atoms with Gasteiger partial charge in [-0.05, 0) is 53.6 Å². The number of halogens is 1. The van der Waals surface area contributed by atoms with Gasteiger partial charge in [0, 0.05) is 10.0 Å².